The number of sulfonamides is 1. The fraction of sp³-hybridized carbons (Fsp3) is 0.357. The molecular weight excluding hydrogens is 490 g/mol. The second-order valence-electron chi connectivity index (χ2n) is 9.47. The molecule has 2 aromatic carbocycles. The summed E-state index contributed by atoms with van der Waals surface area (Å²) in [5.74, 6) is -1.01. The minimum Gasteiger partial charge on any atom is -0.510 e. The molecule has 3 aromatic rings. The lowest BCUT2D eigenvalue weighted by Crippen LogP contribution is -2.41. The van der Waals surface area contributed by atoms with Crippen LogP contribution in [0.5, 0.6) is 0 Å². The maximum atomic E-state index is 13.6. The number of imidazole rings is 1. The van der Waals surface area contributed by atoms with Crippen LogP contribution in [0.25, 0.3) is 17.0 Å². The molecule has 2 heterocycles. The van der Waals surface area contributed by atoms with Crippen LogP contribution in [0.1, 0.15) is 57.2 Å². The lowest BCUT2D eigenvalue weighted by molar-refractivity contribution is -0.157. The molecule has 196 valence electrons. The molecule has 0 bridgehead atoms. The van der Waals surface area contributed by atoms with Gasteiger partial charge in [0.2, 0.25) is 5.16 Å². The minimum absolute atomic E-state index is 0.0726. The lowest BCUT2D eigenvalue weighted by Gasteiger charge is -2.37. The van der Waals surface area contributed by atoms with Gasteiger partial charge >= 0.3 is 5.97 Å². The number of aliphatic hydroxyl groups excluding tert-OH is 1. The van der Waals surface area contributed by atoms with Crippen LogP contribution in [-0.2, 0) is 32.4 Å². The SMILES string of the molecule is CCCc1c(-c2ccccc2)nc(S(N)(=O)=O)n1C1=C(O)CC(CCC)(CCc2ccccc2)OC1=O. The number of aryl methyl sites for hydroxylation is 1. The number of carbonyl (C=O) groups is 1. The number of benzene rings is 2. The number of rotatable bonds is 10. The number of carbonyl (C=O) groups excluding carboxylic acids is 1. The average molecular weight is 524 g/mol. The summed E-state index contributed by atoms with van der Waals surface area (Å²) in [6, 6.07) is 19.0. The highest BCUT2D eigenvalue weighted by Crippen LogP contribution is 2.40. The number of ether oxygens (including phenoxy) is 1. The van der Waals surface area contributed by atoms with Crippen molar-refractivity contribution in [3.8, 4) is 11.3 Å². The molecule has 37 heavy (non-hydrogen) atoms. The van der Waals surface area contributed by atoms with E-state index < -0.39 is 26.8 Å². The molecule has 0 saturated carbocycles. The summed E-state index contributed by atoms with van der Waals surface area (Å²) in [5, 5.41) is 16.4. The highest BCUT2D eigenvalue weighted by molar-refractivity contribution is 7.89. The highest BCUT2D eigenvalue weighted by atomic mass is 32.2. The van der Waals surface area contributed by atoms with Gasteiger partial charge in [0.25, 0.3) is 10.0 Å². The molecule has 8 nitrogen and oxygen atoms in total. The zero-order chi connectivity index (χ0) is 26.6. The summed E-state index contributed by atoms with van der Waals surface area (Å²) in [6.07, 6.45) is 3.63. The van der Waals surface area contributed by atoms with Gasteiger partial charge in [-0.1, -0.05) is 87.4 Å². The Morgan fingerprint density at radius 3 is 2.22 bits per heavy atom. The molecule has 0 saturated heterocycles. The second-order valence-corrected chi connectivity index (χ2v) is 10.9. The van der Waals surface area contributed by atoms with Crippen molar-refractivity contribution in [3.05, 3.63) is 77.7 Å². The maximum absolute atomic E-state index is 13.6. The monoisotopic (exact) mass is 523 g/mol. The molecule has 1 atom stereocenters. The highest BCUT2D eigenvalue weighted by Gasteiger charge is 2.43. The van der Waals surface area contributed by atoms with E-state index >= 15 is 0 Å². The van der Waals surface area contributed by atoms with Crippen molar-refractivity contribution in [3.63, 3.8) is 0 Å². The molecule has 1 aromatic heterocycles. The van der Waals surface area contributed by atoms with Gasteiger partial charge in [0, 0.05) is 12.0 Å². The van der Waals surface area contributed by atoms with E-state index in [1.165, 1.54) is 4.57 Å². The molecular formula is C28H33N3O5S. The number of aliphatic hydroxyl groups is 1. The van der Waals surface area contributed by atoms with Gasteiger partial charge in [0.1, 0.15) is 11.4 Å². The zero-order valence-corrected chi connectivity index (χ0v) is 22.0. The van der Waals surface area contributed by atoms with E-state index in [2.05, 4.69) is 4.98 Å². The average Bonchev–Trinajstić information content (AvgIpc) is 3.23. The van der Waals surface area contributed by atoms with Crippen LogP contribution in [-0.4, -0.2) is 34.6 Å². The van der Waals surface area contributed by atoms with Gasteiger partial charge in [-0.3, -0.25) is 4.57 Å². The van der Waals surface area contributed by atoms with Crippen LogP contribution in [0.15, 0.2) is 71.6 Å². The summed E-state index contributed by atoms with van der Waals surface area (Å²) in [4.78, 5) is 17.9. The number of nitrogens with zero attached hydrogens (tertiary/aromatic N) is 2. The fourth-order valence-corrected chi connectivity index (χ4v) is 5.71. The van der Waals surface area contributed by atoms with Gasteiger partial charge in [-0.05, 0) is 31.2 Å². The van der Waals surface area contributed by atoms with Crippen LogP contribution in [0.3, 0.4) is 0 Å². The third-order valence-electron chi connectivity index (χ3n) is 6.64. The van der Waals surface area contributed by atoms with E-state index in [4.69, 9.17) is 9.88 Å². The molecule has 1 aliphatic heterocycles. The van der Waals surface area contributed by atoms with Gasteiger partial charge in [-0.25, -0.2) is 23.3 Å². The van der Waals surface area contributed by atoms with Crippen LogP contribution in [0, 0.1) is 0 Å². The smallest absolute Gasteiger partial charge is 0.359 e. The Morgan fingerprint density at radius 2 is 1.65 bits per heavy atom. The molecule has 9 heteroatoms. The van der Waals surface area contributed by atoms with Crippen molar-refractivity contribution < 1.29 is 23.1 Å². The molecule has 0 aliphatic carbocycles. The zero-order valence-electron chi connectivity index (χ0n) is 21.2. The largest absolute Gasteiger partial charge is 0.510 e. The molecule has 4 rings (SSSR count). The molecule has 1 aliphatic rings. The van der Waals surface area contributed by atoms with E-state index in [0.29, 0.717) is 49.1 Å². The lowest BCUT2D eigenvalue weighted by atomic mass is 9.84. The Morgan fingerprint density at radius 1 is 1.00 bits per heavy atom. The second kappa shape index (κ2) is 10.9. The summed E-state index contributed by atoms with van der Waals surface area (Å²) in [5.41, 5.74) is 1.52. The van der Waals surface area contributed by atoms with Gasteiger partial charge in [0.05, 0.1) is 11.4 Å². The fourth-order valence-electron chi connectivity index (χ4n) is 5.03. The van der Waals surface area contributed by atoms with Gasteiger partial charge in [-0.15, -0.1) is 0 Å². The number of nitrogens with two attached hydrogens (primary N) is 1. The molecule has 0 spiro atoms. The Labute approximate surface area is 217 Å². The molecule has 1 unspecified atom stereocenters. The van der Waals surface area contributed by atoms with E-state index in [0.717, 1.165) is 12.0 Å². The predicted octanol–water partition coefficient (Wildman–Crippen LogP) is 5.00. The van der Waals surface area contributed by atoms with E-state index in [-0.39, 0.29) is 17.9 Å². The van der Waals surface area contributed by atoms with Crippen LogP contribution in [0.2, 0.25) is 0 Å². The van der Waals surface area contributed by atoms with E-state index in [1.807, 2.05) is 74.5 Å². The number of hydrogen-bond acceptors (Lipinski definition) is 6. The standard InChI is InChI=1S/C28H33N3O5S/c1-3-11-22-24(21-14-9-6-10-15-21)30-27(37(29,34)35)31(22)25-23(32)19-28(17-4-2,36-26(25)33)18-16-20-12-7-5-8-13-20/h5-10,12-15,32H,3-4,11,16-19H2,1-2H3,(H2,29,34,35). The third kappa shape index (κ3) is 5.62. The Balaban J connectivity index is 1.83. The maximum Gasteiger partial charge on any atom is 0.359 e. The Hall–Kier alpha value is -3.43. The summed E-state index contributed by atoms with van der Waals surface area (Å²) >= 11 is 0. The quantitative estimate of drug-likeness (QED) is 0.361. The number of aromatic nitrogens is 2. The first-order valence-electron chi connectivity index (χ1n) is 12.6. The van der Waals surface area contributed by atoms with Crippen molar-refractivity contribution in [2.24, 2.45) is 5.14 Å². The summed E-state index contributed by atoms with van der Waals surface area (Å²) in [7, 11) is -4.34. The Bertz CT molecular complexity index is 1400. The van der Waals surface area contributed by atoms with E-state index in [1.54, 1.807) is 0 Å². The van der Waals surface area contributed by atoms with Crippen LogP contribution in [0.4, 0.5) is 0 Å². The van der Waals surface area contributed by atoms with Crippen molar-refractivity contribution in [2.75, 3.05) is 0 Å². The number of hydrogen-bond donors (Lipinski definition) is 2. The predicted molar refractivity (Wildman–Crippen MR) is 142 cm³/mol. The number of primary sulfonamides is 1. The van der Waals surface area contributed by atoms with Gasteiger partial charge < -0.3 is 9.84 Å². The molecule has 0 amide bonds. The molecule has 0 fully saturated rings. The van der Waals surface area contributed by atoms with Crippen LogP contribution < -0.4 is 5.14 Å². The summed E-state index contributed by atoms with van der Waals surface area (Å²) < 4.78 is 32.5. The normalized spacial score (nSPS) is 18.2. The van der Waals surface area contributed by atoms with Gasteiger partial charge in [-0.2, -0.15) is 0 Å². The third-order valence-corrected chi connectivity index (χ3v) is 7.42. The number of esters is 1. The molecule has 3 N–H and O–H groups in total. The van der Waals surface area contributed by atoms with Crippen molar-refractivity contribution >= 4 is 21.7 Å². The van der Waals surface area contributed by atoms with Crippen molar-refractivity contribution in [1.29, 1.82) is 0 Å². The minimum atomic E-state index is -4.34. The topological polar surface area (TPSA) is 125 Å². The first kappa shape index (κ1) is 26.6. The van der Waals surface area contributed by atoms with Crippen molar-refractivity contribution in [2.45, 2.75) is 69.6 Å². The number of cyclic esters (lactones) is 1. The molecule has 0 radical (unpaired) electrons. The Kier molecular flexibility index (Phi) is 7.85. The van der Waals surface area contributed by atoms with E-state index in [9.17, 15) is 18.3 Å². The first-order valence-corrected chi connectivity index (χ1v) is 14.1. The van der Waals surface area contributed by atoms with Crippen LogP contribution >= 0.6 is 0 Å². The van der Waals surface area contributed by atoms with Crippen molar-refractivity contribution in [1.82, 2.24) is 9.55 Å². The first-order chi connectivity index (χ1) is 17.7. The van der Waals surface area contributed by atoms with Gasteiger partial charge in [0.15, 0.2) is 5.70 Å². The summed E-state index contributed by atoms with van der Waals surface area (Å²) in [6.45, 7) is 3.93.